The molecule has 1 unspecified atom stereocenters. The Morgan fingerprint density at radius 3 is 1.84 bits per heavy atom. The van der Waals surface area contributed by atoms with E-state index in [1.165, 1.54) is 33.0 Å². The maximum absolute atomic E-state index is 6.90. The highest BCUT2D eigenvalue weighted by Gasteiger charge is 2.48. The largest absolute Gasteiger partial charge is 0.449 e. The maximum atomic E-state index is 6.90. The SMILES string of the molecule is C1=C(c2ccc(-c3ccc4c(c3)Oc3ccc5c(c3O4)-c3ccccc3C5(c3ccccc3)c3ccccc3)cc2)NC(c2ccccc2)N=C1c1ccc2ccccc2c1. The molecular formula is C57H38N2O2. The van der Waals surface area contributed by atoms with Gasteiger partial charge in [0.25, 0.3) is 0 Å². The molecule has 4 nitrogen and oxygen atoms in total. The lowest BCUT2D eigenvalue weighted by Crippen LogP contribution is -2.28. The summed E-state index contributed by atoms with van der Waals surface area (Å²) in [6.45, 7) is 0. The lowest BCUT2D eigenvalue weighted by molar-refractivity contribution is 0.360. The van der Waals surface area contributed by atoms with Gasteiger partial charge in [-0.3, -0.25) is 4.99 Å². The highest BCUT2D eigenvalue weighted by atomic mass is 16.6. The van der Waals surface area contributed by atoms with Gasteiger partial charge >= 0.3 is 0 Å². The van der Waals surface area contributed by atoms with E-state index in [-0.39, 0.29) is 6.17 Å². The Bertz CT molecular complexity index is 3170. The quantitative estimate of drug-likeness (QED) is 0.183. The molecule has 0 radical (unpaired) electrons. The molecule has 1 aliphatic carbocycles. The normalized spacial score (nSPS) is 15.4. The second-order valence-corrected chi connectivity index (χ2v) is 15.9. The number of hydrogen-bond donors (Lipinski definition) is 1. The number of rotatable bonds is 6. The summed E-state index contributed by atoms with van der Waals surface area (Å²) in [5.41, 5.74) is 13.9. The Morgan fingerprint density at radius 2 is 1.07 bits per heavy atom. The maximum Gasteiger partial charge on any atom is 0.178 e. The molecule has 12 rings (SSSR count). The Kier molecular flexibility index (Phi) is 8.10. The predicted molar refractivity (Wildman–Crippen MR) is 247 cm³/mol. The van der Waals surface area contributed by atoms with E-state index >= 15 is 0 Å². The summed E-state index contributed by atoms with van der Waals surface area (Å²) < 4.78 is 13.7. The molecule has 0 saturated carbocycles. The molecule has 288 valence electrons. The smallest absolute Gasteiger partial charge is 0.178 e. The minimum absolute atomic E-state index is 0.217. The fraction of sp³-hybridized carbons (Fsp3) is 0.0351. The third kappa shape index (κ3) is 5.71. The average molecular weight is 783 g/mol. The molecule has 9 aromatic carbocycles. The molecule has 2 heterocycles. The van der Waals surface area contributed by atoms with Gasteiger partial charge in [-0.15, -0.1) is 0 Å². The van der Waals surface area contributed by atoms with E-state index in [1.54, 1.807) is 0 Å². The van der Waals surface area contributed by atoms with Crippen LogP contribution in [0.25, 0.3) is 38.7 Å². The van der Waals surface area contributed by atoms with Crippen LogP contribution in [0.2, 0.25) is 0 Å². The first-order valence-electron chi connectivity index (χ1n) is 20.8. The lowest BCUT2D eigenvalue weighted by atomic mass is 9.68. The molecule has 1 N–H and O–H groups in total. The molecule has 3 aliphatic rings. The molecule has 61 heavy (non-hydrogen) atoms. The lowest BCUT2D eigenvalue weighted by Gasteiger charge is -2.34. The summed E-state index contributed by atoms with van der Waals surface area (Å²) in [7, 11) is 0. The number of nitrogens with zero attached hydrogens (tertiary/aromatic N) is 1. The molecule has 0 fully saturated rings. The van der Waals surface area contributed by atoms with Gasteiger partial charge in [-0.1, -0.05) is 188 Å². The van der Waals surface area contributed by atoms with E-state index in [1.807, 2.05) is 12.1 Å². The van der Waals surface area contributed by atoms with Gasteiger partial charge in [0.1, 0.15) is 6.17 Å². The zero-order valence-electron chi connectivity index (χ0n) is 33.1. The van der Waals surface area contributed by atoms with Crippen molar-refractivity contribution in [3.63, 3.8) is 0 Å². The van der Waals surface area contributed by atoms with Crippen molar-refractivity contribution in [3.05, 3.63) is 257 Å². The summed E-state index contributed by atoms with van der Waals surface area (Å²) in [6.07, 6.45) is 1.95. The van der Waals surface area contributed by atoms with Crippen LogP contribution in [0.4, 0.5) is 0 Å². The van der Waals surface area contributed by atoms with Crippen LogP contribution in [0.5, 0.6) is 23.0 Å². The second-order valence-electron chi connectivity index (χ2n) is 15.9. The summed E-state index contributed by atoms with van der Waals surface area (Å²) in [5.74, 6) is 2.84. The van der Waals surface area contributed by atoms with Gasteiger partial charge in [0.2, 0.25) is 0 Å². The second kappa shape index (κ2) is 14.1. The first-order valence-corrected chi connectivity index (χ1v) is 20.8. The van der Waals surface area contributed by atoms with E-state index in [4.69, 9.17) is 14.5 Å². The third-order valence-corrected chi connectivity index (χ3v) is 12.4. The molecule has 0 saturated heterocycles. The molecule has 1 atom stereocenters. The summed E-state index contributed by atoms with van der Waals surface area (Å²) in [4.78, 5) is 5.20. The summed E-state index contributed by atoms with van der Waals surface area (Å²) >= 11 is 0. The number of nitrogens with one attached hydrogen (secondary N) is 1. The van der Waals surface area contributed by atoms with Crippen molar-refractivity contribution < 1.29 is 9.47 Å². The summed E-state index contributed by atoms with van der Waals surface area (Å²) in [6, 6.07) is 75.1. The van der Waals surface area contributed by atoms with E-state index in [0.717, 1.165) is 56.1 Å². The van der Waals surface area contributed by atoms with Crippen LogP contribution in [-0.4, -0.2) is 5.71 Å². The van der Waals surface area contributed by atoms with Gasteiger partial charge in [-0.05, 0) is 91.2 Å². The fourth-order valence-corrected chi connectivity index (χ4v) is 9.59. The van der Waals surface area contributed by atoms with Crippen LogP contribution in [-0.2, 0) is 5.41 Å². The molecule has 0 amide bonds. The zero-order chi connectivity index (χ0) is 40.3. The molecular weight excluding hydrogens is 745 g/mol. The first kappa shape index (κ1) is 35.0. The van der Waals surface area contributed by atoms with Crippen molar-refractivity contribution in [1.29, 1.82) is 0 Å². The Morgan fingerprint density at radius 1 is 0.443 bits per heavy atom. The number of hydrogen-bond acceptors (Lipinski definition) is 4. The van der Waals surface area contributed by atoms with Gasteiger partial charge < -0.3 is 14.8 Å². The number of benzene rings is 9. The van der Waals surface area contributed by atoms with E-state index in [0.29, 0.717) is 17.2 Å². The number of aliphatic imine (C=N–C) groups is 1. The summed E-state index contributed by atoms with van der Waals surface area (Å²) in [5, 5.41) is 6.13. The molecule has 0 spiro atoms. The van der Waals surface area contributed by atoms with Crippen LogP contribution < -0.4 is 14.8 Å². The van der Waals surface area contributed by atoms with Crippen LogP contribution in [0.15, 0.2) is 223 Å². The Labute approximate surface area is 354 Å². The molecule has 4 heteroatoms. The van der Waals surface area contributed by atoms with Crippen molar-refractivity contribution in [2.24, 2.45) is 4.99 Å². The van der Waals surface area contributed by atoms with Crippen LogP contribution in [0, 0.1) is 0 Å². The first-order chi connectivity index (χ1) is 30.2. The minimum Gasteiger partial charge on any atom is -0.449 e. The van der Waals surface area contributed by atoms with Gasteiger partial charge in [0, 0.05) is 16.8 Å². The monoisotopic (exact) mass is 782 g/mol. The van der Waals surface area contributed by atoms with Gasteiger partial charge in [0.15, 0.2) is 23.0 Å². The highest BCUT2D eigenvalue weighted by Crippen LogP contribution is 2.62. The highest BCUT2D eigenvalue weighted by molar-refractivity contribution is 6.14. The Balaban J connectivity index is 0.878. The Hall–Kier alpha value is -7.95. The van der Waals surface area contributed by atoms with Crippen LogP contribution in [0.1, 0.15) is 45.1 Å². The fourth-order valence-electron chi connectivity index (χ4n) is 9.59. The molecule has 0 bridgehead atoms. The standard InChI is InChI=1S/C57H38N2O2/c1-4-15-40(16-5-1)56-58-49(36-50(59-56)43-29-26-37-14-10-11-17-41(37)34-43)39-27-24-38(25-28-39)42-30-32-51-53(35-42)60-52-33-31-48-54(55(52)61-51)46-22-12-13-23-47(46)57(48,44-18-6-2-7-19-44)45-20-8-3-9-21-45/h1-36,56,58H. The predicted octanol–water partition coefficient (Wildman–Crippen LogP) is 13.9. The molecule has 9 aromatic rings. The third-order valence-electron chi connectivity index (χ3n) is 12.4. The van der Waals surface area contributed by atoms with Crippen molar-refractivity contribution in [2.75, 3.05) is 0 Å². The van der Waals surface area contributed by atoms with Gasteiger partial charge in [-0.2, -0.15) is 0 Å². The number of allylic oxidation sites excluding steroid dienone is 1. The van der Waals surface area contributed by atoms with E-state index < -0.39 is 5.41 Å². The molecule has 0 aromatic heterocycles. The van der Waals surface area contributed by atoms with Gasteiger partial charge in [-0.25, -0.2) is 0 Å². The van der Waals surface area contributed by atoms with E-state index in [9.17, 15) is 0 Å². The van der Waals surface area contributed by atoms with Crippen molar-refractivity contribution >= 4 is 22.2 Å². The van der Waals surface area contributed by atoms with Crippen LogP contribution >= 0.6 is 0 Å². The van der Waals surface area contributed by atoms with Crippen LogP contribution in [0.3, 0.4) is 0 Å². The van der Waals surface area contributed by atoms with E-state index in [2.05, 4.69) is 212 Å². The number of ether oxygens (including phenoxy) is 2. The van der Waals surface area contributed by atoms with Gasteiger partial charge in [0.05, 0.1) is 11.1 Å². The zero-order valence-corrected chi connectivity index (χ0v) is 33.1. The minimum atomic E-state index is -0.514. The average Bonchev–Trinajstić information content (AvgIpc) is 3.65. The molecule has 2 aliphatic heterocycles. The van der Waals surface area contributed by atoms with Crippen molar-refractivity contribution in [2.45, 2.75) is 11.6 Å². The van der Waals surface area contributed by atoms with Crippen molar-refractivity contribution in [3.8, 4) is 45.3 Å². The van der Waals surface area contributed by atoms with Crippen molar-refractivity contribution in [1.82, 2.24) is 5.32 Å². The topological polar surface area (TPSA) is 42.9 Å². The number of fused-ring (bicyclic) bond motifs is 7.